The van der Waals surface area contributed by atoms with Gasteiger partial charge in [0, 0.05) is 31.1 Å². The molecule has 2 aliphatic heterocycles. The Morgan fingerprint density at radius 1 is 1.26 bits per heavy atom. The lowest BCUT2D eigenvalue weighted by atomic mass is 10.0. The highest BCUT2D eigenvalue weighted by atomic mass is 32.2. The Kier molecular flexibility index (Phi) is 5.81. The van der Waals surface area contributed by atoms with Crippen molar-refractivity contribution in [2.45, 2.75) is 56.2 Å². The van der Waals surface area contributed by atoms with Crippen molar-refractivity contribution in [1.82, 2.24) is 10.2 Å². The standard InChI is InChI=1S/C23H29N3O4S/c1-23(2)13-17-11-19(31(24,28)29)12-20(21(17)30-23)22(27)25-14-18-9-6-10-26(18)15-16-7-4-3-5-8-16/h3-5,7-8,11-12,18H,6,9-10,13-15H2,1-2H3,(H,25,27)(H2,24,28,29)/t18-/m0/s1. The SMILES string of the molecule is CC1(C)Cc2cc(S(N)(=O)=O)cc(C(=O)NC[C@@H]3CCCN3Cc3ccccc3)c2O1. The van der Waals surface area contributed by atoms with Crippen molar-refractivity contribution in [2.24, 2.45) is 5.14 Å². The first-order valence-corrected chi connectivity index (χ1v) is 12.1. The van der Waals surface area contributed by atoms with Gasteiger partial charge in [-0.05, 0) is 50.9 Å². The van der Waals surface area contributed by atoms with Crippen molar-refractivity contribution in [3.05, 3.63) is 59.2 Å². The molecule has 0 bridgehead atoms. The molecule has 1 fully saturated rings. The van der Waals surface area contributed by atoms with Gasteiger partial charge in [-0.1, -0.05) is 30.3 Å². The zero-order chi connectivity index (χ0) is 22.2. The molecule has 1 saturated heterocycles. The maximum Gasteiger partial charge on any atom is 0.255 e. The Morgan fingerprint density at radius 3 is 2.71 bits per heavy atom. The van der Waals surface area contributed by atoms with Crippen LogP contribution in [0.15, 0.2) is 47.4 Å². The minimum absolute atomic E-state index is 0.0655. The number of primary sulfonamides is 1. The molecule has 2 aliphatic rings. The molecule has 0 aliphatic carbocycles. The molecule has 2 aromatic rings. The molecule has 0 aromatic heterocycles. The number of amides is 1. The monoisotopic (exact) mass is 443 g/mol. The third-order valence-corrected chi connectivity index (χ3v) is 6.83. The summed E-state index contributed by atoms with van der Waals surface area (Å²) in [6, 6.07) is 13.3. The lowest BCUT2D eigenvalue weighted by molar-refractivity contribution is 0.0926. The average Bonchev–Trinajstić information content (AvgIpc) is 3.27. The number of nitrogens with two attached hydrogens (primary N) is 1. The highest BCUT2D eigenvalue weighted by Crippen LogP contribution is 2.39. The number of nitrogens with one attached hydrogen (secondary N) is 1. The van der Waals surface area contributed by atoms with Gasteiger partial charge in [0.1, 0.15) is 11.4 Å². The fraction of sp³-hybridized carbons (Fsp3) is 0.435. The van der Waals surface area contributed by atoms with E-state index in [2.05, 4.69) is 22.3 Å². The van der Waals surface area contributed by atoms with Crippen LogP contribution in [0.2, 0.25) is 0 Å². The molecule has 4 rings (SSSR count). The van der Waals surface area contributed by atoms with Gasteiger partial charge >= 0.3 is 0 Å². The summed E-state index contributed by atoms with van der Waals surface area (Å²) in [7, 11) is -3.94. The van der Waals surface area contributed by atoms with E-state index in [1.54, 1.807) is 0 Å². The van der Waals surface area contributed by atoms with E-state index in [-0.39, 0.29) is 22.4 Å². The number of likely N-dealkylation sites (tertiary alicyclic amines) is 1. The van der Waals surface area contributed by atoms with Crippen molar-refractivity contribution >= 4 is 15.9 Å². The lowest BCUT2D eigenvalue weighted by Gasteiger charge is -2.25. The molecule has 8 heteroatoms. The zero-order valence-electron chi connectivity index (χ0n) is 17.9. The number of benzene rings is 2. The van der Waals surface area contributed by atoms with Gasteiger partial charge in [-0.2, -0.15) is 0 Å². The van der Waals surface area contributed by atoms with E-state index in [0.717, 1.165) is 25.9 Å². The van der Waals surface area contributed by atoms with Crippen LogP contribution in [0.4, 0.5) is 0 Å². The highest BCUT2D eigenvalue weighted by molar-refractivity contribution is 7.89. The molecule has 2 aromatic carbocycles. The van der Waals surface area contributed by atoms with Crippen molar-refractivity contribution in [2.75, 3.05) is 13.1 Å². The van der Waals surface area contributed by atoms with E-state index >= 15 is 0 Å². The number of carbonyl (C=O) groups excluding carboxylic acids is 1. The van der Waals surface area contributed by atoms with E-state index in [0.29, 0.717) is 24.3 Å². The Hall–Kier alpha value is -2.42. The third kappa shape index (κ3) is 4.92. The molecule has 7 nitrogen and oxygen atoms in total. The van der Waals surface area contributed by atoms with Gasteiger partial charge < -0.3 is 10.1 Å². The molecule has 166 valence electrons. The number of ether oxygens (including phenoxy) is 1. The molecule has 0 unspecified atom stereocenters. The van der Waals surface area contributed by atoms with Crippen LogP contribution < -0.4 is 15.2 Å². The molecule has 1 amide bonds. The number of hydrogen-bond donors (Lipinski definition) is 2. The molecule has 1 atom stereocenters. The summed E-state index contributed by atoms with van der Waals surface area (Å²) >= 11 is 0. The molecular formula is C23H29N3O4S. The maximum absolute atomic E-state index is 13.1. The van der Waals surface area contributed by atoms with Crippen LogP contribution in [-0.4, -0.2) is 44.0 Å². The lowest BCUT2D eigenvalue weighted by Crippen LogP contribution is -2.40. The number of nitrogens with zero attached hydrogens (tertiary/aromatic N) is 1. The second-order valence-corrected chi connectivity index (χ2v) is 10.6. The molecule has 0 saturated carbocycles. The second-order valence-electron chi connectivity index (χ2n) is 9.00. The molecule has 0 spiro atoms. The fourth-order valence-corrected chi connectivity index (χ4v) is 5.06. The van der Waals surface area contributed by atoms with Crippen LogP contribution in [0.5, 0.6) is 5.75 Å². The molecule has 3 N–H and O–H groups in total. The first-order valence-electron chi connectivity index (χ1n) is 10.6. The smallest absolute Gasteiger partial charge is 0.255 e. The minimum Gasteiger partial charge on any atom is -0.486 e. The van der Waals surface area contributed by atoms with E-state index in [4.69, 9.17) is 9.88 Å². The second kappa shape index (κ2) is 8.26. The number of hydrogen-bond acceptors (Lipinski definition) is 5. The number of rotatable bonds is 6. The normalized spacial score (nSPS) is 20.3. The van der Waals surface area contributed by atoms with Gasteiger partial charge in [-0.15, -0.1) is 0 Å². The van der Waals surface area contributed by atoms with E-state index in [1.165, 1.54) is 17.7 Å². The van der Waals surface area contributed by atoms with Gasteiger partial charge in [0.05, 0.1) is 10.5 Å². The summed E-state index contributed by atoms with van der Waals surface area (Å²) in [6.07, 6.45) is 2.60. The zero-order valence-corrected chi connectivity index (χ0v) is 18.7. The van der Waals surface area contributed by atoms with Crippen LogP contribution >= 0.6 is 0 Å². The van der Waals surface area contributed by atoms with Crippen molar-refractivity contribution < 1.29 is 17.9 Å². The van der Waals surface area contributed by atoms with Gasteiger partial charge in [0.25, 0.3) is 5.91 Å². The summed E-state index contributed by atoms with van der Waals surface area (Å²) in [6.45, 7) is 6.14. The van der Waals surface area contributed by atoms with Gasteiger partial charge in [0.2, 0.25) is 10.0 Å². The summed E-state index contributed by atoms with van der Waals surface area (Å²) in [4.78, 5) is 15.4. The topological polar surface area (TPSA) is 102 Å². The number of sulfonamides is 1. The number of fused-ring (bicyclic) bond motifs is 1. The predicted octanol–water partition coefficient (Wildman–Crippen LogP) is 2.44. The first-order chi connectivity index (χ1) is 14.6. The number of carbonyl (C=O) groups is 1. The van der Waals surface area contributed by atoms with Crippen molar-refractivity contribution in [3.8, 4) is 5.75 Å². The molecular weight excluding hydrogens is 414 g/mol. The summed E-state index contributed by atoms with van der Waals surface area (Å²) < 4.78 is 29.9. The highest BCUT2D eigenvalue weighted by Gasteiger charge is 2.35. The van der Waals surface area contributed by atoms with Crippen LogP contribution in [0.3, 0.4) is 0 Å². The van der Waals surface area contributed by atoms with Crippen LogP contribution in [0, 0.1) is 0 Å². The summed E-state index contributed by atoms with van der Waals surface area (Å²) in [5, 5.41) is 8.34. The predicted molar refractivity (Wildman–Crippen MR) is 118 cm³/mol. The maximum atomic E-state index is 13.1. The first kappa shape index (κ1) is 21.8. The van der Waals surface area contributed by atoms with E-state index in [1.807, 2.05) is 32.0 Å². The largest absolute Gasteiger partial charge is 0.486 e. The van der Waals surface area contributed by atoms with Crippen LogP contribution in [0.25, 0.3) is 0 Å². The molecule has 2 heterocycles. The van der Waals surface area contributed by atoms with E-state index in [9.17, 15) is 13.2 Å². The van der Waals surface area contributed by atoms with E-state index < -0.39 is 15.6 Å². The Bertz CT molecular complexity index is 1080. The van der Waals surface area contributed by atoms with Gasteiger partial charge in [-0.3, -0.25) is 9.69 Å². The summed E-state index contributed by atoms with van der Waals surface area (Å²) in [5.41, 5.74) is 1.65. The van der Waals surface area contributed by atoms with Gasteiger partial charge in [0.15, 0.2) is 0 Å². The fourth-order valence-electron chi connectivity index (χ4n) is 4.47. The van der Waals surface area contributed by atoms with Crippen molar-refractivity contribution in [3.63, 3.8) is 0 Å². The van der Waals surface area contributed by atoms with Crippen LogP contribution in [-0.2, 0) is 23.0 Å². The average molecular weight is 444 g/mol. The Labute approximate surface area is 183 Å². The van der Waals surface area contributed by atoms with Gasteiger partial charge in [-0.25, -0.2) is 13.6 Å². The van der Waals surface area contributed by atoms with Crippen molar-refractivity contribution in [1.29, 1.82) is 0 Å². The minimum atomic E-state index is -3.94. The Morgan fingerprint density at radius 2 is 2.00 bits per heavy atom. The Balaban J connectivity index is 1.50. The third-order valence-electron chi connectivity index (χ3n) is 5.93. The molecule has 0 radical (unpaired) electrons. The molecule has 31 heavy (non-hydrogen) atoms. The quantitative estimate of drug-likeness (QED) is 0.714. The van der Waals surface area contributed by atoms with Crippen LogP contribution in [0.1, 0.15) is 48.2 Å². The summed E-state index contributed by atoms with van der Waals surface area (Å²) in [5.74, 6) is 0.105.